The molecule has 29 heavy (non-hydrogen) atoms. The Morgan fingerprint density at radius 1 is 1.10 bits per heavy atom. The second kappa shape index (κ2) is 8.34. The Morgan fingerprint density at radius 3 is 2.76 bits per heavy atom. The second-order valence-corrected chi connectivity index (χ2v) is 8.26. The number of rotatable bonds is 5. The molecule has 2 aromatic carbocycles. The first-order valence-electron chi connectivity index (χ1n) is 10.4. The summed E-state index contributed by atoms with van der Waals surface area (Å²) >= 11 is 0. The number of pyridine rings is 1. The third-order valence-electron chi connectivity index (χ3n) is 5.99. The fraction of sp³-hybridized carbons (Fsp3) is 0.360. The number of para-hydroxylation sites is 1. The molecule has 1 N–H and O–H groups in total. The van der Waals surface area contributed by atoms with Crippen molar-refractivity contribution in [1.82, 2.24) is 9.88 Å². The van der Waals surface area contributed by atoms with Crippen LogP contribution in [-0.2, 0) is 17.6 Å². The van der Waals surface area contributed by atoms with E-state index >= 15 is 0 Å². The Labute approximate surface area is 172 Å². The van der Waals surface area contributed by atoms with Crippen LogP contribution in [-0.4, -0.2) is 40.1 Å². The van der Waals surface area contributed by atoms with Crippen LogP contribution in [0.25, 0.3) is 10.9 Å². The van der Waals surface area contributed by atoms with Gasteiger partial charge in [0.15, 0.2) is 0 Å². The molecule has 0 bridgehead atoms. The molecule has 150 valence electrons. The van der Waals surface area contributed by atoms with Gasteiger partial charge in [-0.25, -0.2) is 0 Å². The first-order chi connectivity index (χ1) is 14.0. The monoisotopic (exact) mass is 388 g/mol. The molecular formula is C25H28N2O2. The number of carbonyl (C=O) groups excluding carboxylic acids is 1. The number of carbonyl (C=O) groups is 1. The third kappa shape index (κ3) is 4.48. The molecule has 0 aliphatic carbocycles. The Balaban J connectivity index is 1.36. The molecule has 1 fully saturated rings. The van der Waals surface area contributed by atoms with E-state index in [2.05, 4.69) is 38.1 Å². The van der Waals surface area contributed by atoms with Gasteiger partial charge in [0.2, 0.25) is 5.91 Å². The van der Waals surface area contributed by atoms with Gasteiger partial charge in [0.05, 0.1) is 11.6 Å². The van der Waals surface area contributed by atoms with Gasteiger partial charge in [-0.05, 0) is 49.9 Å². The zero-order valence-corrected chi connectivity index (χ0v) is 17.1. The number of amides is 1. The fourth-order valence-corrected chi connectivity index (χ4v) is 4.27. The van der Waals surface area contributed by atoms with Crippen molar-refractivity contribution in [3.63, 3.8) is 0 Å². The molecule has 1 aliphatic heterocycles. The topological polar surface area (TPSA) is 53.4 Å². The summed E-state index contributed by atoms with van der Waals surface area (Å²) in [7, 11) is 0. The van der Waals surface area contributed by atoms with E-state index in [1.54, 1.807) is 0 Å². The number of fused-ring (bicyclic) bond motifs is 1. The van der Waals surface area contributed by atoms with Crippen molar-refractivity contribution in [2.75, 3.05) is 13.1 Å². The van der Waals surface area contributed by atoms with Gasteiger partial charge in [-0.1, -0.05) is 48.0 Å². The van der Waals surface area contributed by atoms with E-state index in [1.807, 2.05) is 35.2 Å². The molecule has 0 unspecified atom stereocenters. The molecule has 0 radical (unpaired) electrons. The van der Waals surface area contributed by atoms with E-state index in [4.69, 9.17) is 4.98 Å². The fourth-order valence-electron chi connectivity index (χ4n) is 4.27. The first-order valence-corrected chi connectivity index (χ1v) is 10.4. The minimum atomic E-state index is -0.492. The second-order valence-electron chi connectivity index (χ2n) is 8.26. The van der Waals surface area contributed by atoms with Gasteiger partial charge in [0.25, 0.3) is 0 Å². The van der Waals surface area contributed by atoms with Gasteiger partial charge in [-0.2, -0.15) is 0 Å². The zero-order chi connectivity index (χ0) is 20.4. The average Bonchev–Trinajstić information content (AvgIpc) is 3.07. The van der Waals surface area contributed by atoms with Crippen molar-refractivity contribution in [3.05, 3.63) is 77.0 Å². The van der Waals surface area contributed by atoms with Crippen molar-refractivity contribution in [3.8, 4) is 0 Å². The molecule has 4 heteroatoms. The normalized spacial score (nSPS) is 19.1. The Bertz CT molecular complexity index is 1030. The molecular weight excluding hydrogens is 360 g/mol. The largest absolute Gasteiger partial charge is 0.391 e. The van der Waals surface area contributed by atoms with Crippen LogP contribution in [0.4, 0.5) is 0 Å². The summed E-state index contributed by atoms with van der Waals surface area (Å²) in [5.41, 5.74) is 5.64. The smallest absolute Gasteiger partial charge is 0.223 e. The highest BCUT2D eigenvalue weighted by atomic mass is 16.3. The molecule has 1 aromatic heterocycles. The maximum Gasteiger partial charge on any atom is 0.223 e. The van der Waals surface area contributed by atoms with E-state index in [0.29, 0.717) is 25.9 Å². The van der Waals surface area contributed by atoms with Gasteiger partial charge < -0.3 is 10.0 Å². The van der Waals surface area contributed by atoms with Gasteiger partial charge >= 0.3 is 0 Å². The van der Waals surface area contributed by atoms with Crippen molar-refractivity contribution in [2.45, 2.75) is 39.2 Å². The van der Waals surface area contributed by atoms with Crippen molar-refractivity contribution < 1.29 is 9.90 Å². The van der Waals surface area contributed by atoms with Crippen LogP contribution in [0.2, 0.25) is 0 Å². The Kier molecular flexibility index (Phi) is 5.63. The summed E-state index contributed by atoms with van der Waals surface area (Å²) in [5, 5.41) is 11.6. The lowest BCUT2D eigenvalue weighted by atomic mass is 9.99. The number of nitrogens with zero attached hydrogens (tertiary/aromatic N) is 2. The van der Waals surface area contributed by atoms with Crippen LogP contribution in [0, 0.1) is 19.8 Å². The average molecular weight is 389 g/mol. The van der Waals surface area contributed by atoms with Crippen LogP contribution >= 0.6 is 0 Å². The number of likely N-dealkylation sites (tertiary alicyclic amines) is 1. The van der Waals surface area contributed by atoms with Crippen LogP contribution < -0.4 is 0 Å². The van der Waals surface area contributed by atoms with E-state index in [-0.39, 0.29) is 11.8 Å². The highest BCUT2D eigenvalue weighted by Crippen LogP contribution is 2.23. The SMILES string of the molecule is Cc1ccc(CCC(=O)N2C[C@@H](Cc3ccc4ccccc4n3)[C@H](O)C2)c(C)c1. The van der Waals surface area contributed by atoms with E-state index < -0.39 is 6.10 Å². The van der Waals surface area contributed by atoms with Crippen molar-refractivity contribution in [1.29, 1.82) is 0 Å². The third-order valence-corrected chi connectivity index (χ3v) is 5.99. The highest BCUT2D eigenvalue weighted by molar-refractivity contribution is 5.78. The quantitative estimate of drug-likeness (QED) is 0.722. The van der Waals surface area contributed by atoms with E-state index in [0.717, 1.165) is 23.0 Å². The van der Waals surface area contributed by atoms with Crippen molar-refractivity contribution >= 4 is 16.8 Å². The molecule has 2 atom stereocenters. The Morgan fingerprint density at radius 2 is 1.93 bits per heavy atom. The van der Waals surface area contributed by atoms with Gasteiger partial charge in [-0.15, -0.1) is 0 Å². The molecule has 0 saturated carbocycles. The summed E-state index contributed by atoms with van der Waals surface area (Å²) in [4.78, 5) is 19.3. The molecule has 1 aliphatic rings. The number of aromatic nitrogens is 1. The minimum Gasteiger partial charge on any atom is -0.391 e. The lowest BCUT2D eigenvalue weighted by molar-refractivity contribution is -0.130. The van der Waals surface area contributed by atoms with Gasteiger partial charge in [-0.3, -0.25) is 9.78 Å². The summed E-state index contributed by atoms with van der Waals surface area (Å²) in [6.07, 6.45) is 1.42. The molecule has 4 nitrogen and oxygen atoms in total. The Hall–Kier alpha value is -2.72. The number of aryl methyl sites for hydroxylation is 3. The zero-order valence-electron chi connectivity index (χ0n) is 17.1. The lowest BCUT2D eigenvalue weighted by Crippen LogP contribution is -2.29. The summed E-state index contributed by atoms with van der Waals surface area (Å²) in [6.45, 7) is 5.20. The highest BCUT2D eigenvalue weighted by Gasteiger charge is 2.34. The van der Waals surface area contributed by atoms with E-state index in [9.17, 15) is 9.90 Å². The van der Waals surface area contributed by atoms with Crippen LogP contribution in [0.15, 0.2) is 54.6 Å². The van der Waals surface area contributed by atoms with Crippen LogP contribution in [0.3, 0.4) is 0 Å². The number of β-amino-alcohol motifs (C(OH)–C–C–N with tert-alkyl or cyclic N) is 1. The van der Waals surface area contributed by atoms with Gasteiger partial charge in [0.1, 0.15) is 0 Å². The number of hydrogen-bond donors (Lipinski definition) is 1. The lowest BCUT2D eigenvalue weighted by Gasteiger charge is -2.16. The molecule has 0 spiro atoms. The molecule has 3 aromatic rings. The standard InChI is InChI=1S/C25H28N2O2/c1-17-7-8-19(18(2)13-17)10-12-25(29)27-15-21(24(28)16-27)14-22-11-9-20-5-3-4-6-23(20)26-22/h3-9,11,13,21,24,28H,10,12,14-16H2,1-2H3/t21-,24-/m1/s1. The predicted octanol–water partition coefficient (Wildman–Crippen LogP) is 3.85. The predicted molar refractivity (Wildman–Crippen MR) is 116 cm³/mol. The summed E-state index contributed by atoms with van der Waals surface area (Å²) in [6, 6.07) is 18.5. The molecule has 1 amide bonds. The summed E-state index contributed by atoms with van der Waals surface area (Å²) < 4.78 is 0. The maximum absolute atomic E-state index is 12.7. The molecule has 2 heterocycles. The number of aliphatic hydroxyl groups excluding tert-OH is 1. The van der Waals surface area contributed by atoms with Crippen LogP contribution in [0.1, 0.15) is 28.8 Å². The van der Waals surface area contributed by atoms with E-state index in [1.165, 1.54) is 16.7 Å². The van der Waals surface area contributed by atoms with Gasteiger partial charge in [0, 0.05) is 36.5 Å². The summed E-state index contributed by atoms with van der Waals surface area (Å²) in [5.74, 6) is 0.159. The van der Waals surface area contributed by atoms with Crippen molar-refractivity contribution in [2.24, 2.45) is 5.92 Å². The number of benzene rings is 2. The number of hydrogen-bond acceptors (Lipinski definition) is 3. The molecule has 1 saturated heterocycles. The van der Waals surface area contributed by atoms with Crippen LogP contribution in [0.5, 0.6) is 0 Å². The number of aliphatic hydroxyl groups is 1. The first kappa shape index (κ1) is 19.6. The molecule has 4 rings (SSSR count). The maximum atomic E-state index is 12.7. The minimum absolute atomic E-state index is 0.0359.